The van der Waals surface area contributed by atoms with Gasteiger partial charge in [-0.3, -0.25) is 4.75 Å². The first-order valence-electron chi connectivity index (χ1n) is 5.94. The zero-order valence-electron chi connectivity index (χ0n) is 12.0. The molecule has 4 heteroatoms. The topological polar surface area (TPSA) is 21.3 Å². The molecule has 17 heavy (non-hydrogen) atoms. The van der Waals surface area contributed by atoms with Crippen LogP contribution in [0.4, 0.5) is 0 Å². The van der Waals surface area contributed by atoms with Crippen molar-refractivity contribution in [3.63, 3.8) is 0 Å². The van der Waals surface area contributed by atoms with Crippen molar-refractivity contribution in [1.82, 2.24) is 4.75 Å². The molecule has 1 aromatic carbocycles. The highest BCUT2D eigenvalue weighted by Gasteiger charge is 2.23. The second-order valence-electron chi connectivity index (χ2n) is 5.59. The lowest BCUT2D eigenvalue weighted by Gasteiger charge is -2.27. The fourth-order valence-corrected chi connectivity index (χ4v) is 6.19. The number of hydrogen-bond donors (Lipinski definition) is 1. The van der Waals surface area contributed by atoms with E-state index in [2.05, 4.69) is 57.3 Å². The van der Waals surface area contributed by atoms with E-state index in [1.165, 1.54) is 22.0 Å². The summed E-state index contributed by atoms with van der Waals surface area (Å²) in [7, 11) is -0.210. The monoisotopic (exact) mass is 269 g/mol. The van der Waals surface area contributed by atoms with Gasteiger partial charge in [-0.25, -0.2) is 0 Å². The highest BCUT2D eigenvalue weighted by Crippen LogP contribution is 2.35. The second kappa shape index (κ2) is 5.62. The van der Waals surface area contributed by atoms with E-state index in [1.54, 1.807) is 7.11 Å². The maximum atomic E-state index is 5.70. The summed E-state index contributed by atoms with van der Waals surface area (Å²) in [5, 5.41) is 1.36. The summed E-state index contributed by atoms with van der Waals surface area (Å²) in [6.45, 7) is 13.4. The third-order valence-electron chi connectivity index (χ3n) is 2.46. The molecule has 0 spiro atoms. The van der Waals surface area contributed by atoms with Gasteiger partial charge in [0.2, 0.25) is 0 Å². The SMILES string of the molecule is COP(N[Si](C)(C)C)c1c(C)cc(C)cc1C. The molecule has 1 N–H and O–H groups in total. The Labute approximate surface area is 108 Å². The van der Waals surface area contributed by atoms with Gasteiger partial charge in [0.25, 0.3) is 0 Å². The highest BCUT2D eigenvalue weighted by molar-refractivity contribution is 7.61. The maximum Gasteiger partial charge on any atom is 0.128 e. The third-order valence-corrected chi connectivity index (χ3v) is 7.43. The number of nitrogens with one attached hydrogen (secondary N) is 1. The normalized spacial score (nSPS) is 13.8. The van der Waals surface area contributed by atoms with Crippen LogP contribution in [0.1, 0.15) is 16.7 Å². The van der Waals surface area contributed by atoms with Gasteiger partial charge in [0.15, 0.2) is 0 Å². The molecular weight excluding hydrogens is 245 g/mol. The fourth-order valence-electron chi connectivity index (χ4n) is 1.99. The van der Waals surface area contributed by atoms with E-state index >= 15 is 0 Å². The van der Waals surface area contributed by atoms with E-state index in [-0.39, 0.29) is 0 Å². The van der Waals surface area contributed by atoms with Gasteiger partial charge in [-0.1, -0.05) is 37.3 Å². The molecule has 0 aliphatic carbocycles. The number of hydrogen-bond acceptors (Lipinski definition) is 2. The number of benzene rings is 1. The Hall–Kier alpha value is -0.213. The van der Waals surface area contributed by atoms with Gasteiger partial charge in [-0.2, -0.15) is 0 Å². The Kier molecular flexibility index (Phi) is 4.91. The van der Waals surface area contributed by atoms with Crippen LogP contribution >= 0.6 is 8.30 Å². The molecule has 1 aromatic rings. The Morgan fingerprint density at radius 1 is 1.06 bits per heavy atom. The molecular formula is C13H24NOPSi. The van der Waals surface area contributed by atoms with Crippen molar-refractivity contribution in [3.05, 3.63) is 28.8 Å². The third kappa shape index (κ3) is 4.18. The Balaban J connectivity index is 3.12. The van der Waals surface area contributed by atoms with Crippen LogP contribution in [0.25, 0.3) is 0 Å². The quantitative estimate of drug-likeness (QED) is 0.666. The molecule has 2 nitrogen and oxygen atoms in total. The molecule has 0 aliphatic heterocycles. The smallest absolute Gasteiger partial charge is 0.128 e. The summed E-state index contributed by atoms with van der Waals surface area (Å²) in [5.41, 5.74) is 3.99. The molecule has 0 saturated heterocycles. The molecule has 0 aliphatic rings. The Morgan fingerprint density at radius 2 is 1.53 bits per heavy atom. The van der Waals surface area contributed by atoms with E-state index in [4.69, 9.17) is 4.52 Å². The van der Waals surface area contributed by atoms with Crippen LogP contribution in [0.5, 0.6) is 0 Å². The van der Waals surface area contributed by atoms with Crippen LogP contribution in [0.3, 0.4) is 0 Å². The summed E-state index contributed by atoms with van der Waals surface area (Å²) in [6.07, 6.45) is 0. The van der Waals surface area contributed by atoms with Gasteiger partial charge >= 0.3 is 0 Å². The van der Waals surface area contributed by atoms with Crippen molar-refractivity contribution in [2.24, 2.45) is 0 Å². The van der Waals surface area contributed by atoms with Crippen LogP contribution in [-0.2, 0) is 4.52 Å². The molecule has 0 amide bonds. The standard InChI is InChI=1S/C13H24NOPSi/c1-10-8-11(2)13(12(3)9-10)16(15-4)14-17(5,6)7/h8-9,14H,1-7H3. The van der Waals surface area contributed by atoms with Crippen molar-refractivity contribution < 1.29 is 4.52 Å². The maximum absolute atomic E-state index is 5.70. The predicted molar refractivity (Wildman–Crippen MR) is 80.7 cm³/mol. The molecule has 0 fully saturated rings. The van der Waals surface area contributed by atoms with E-state index in [9.17, 15) is 0 Å². The largest absolute Gasteiger partial charge is 0.344 e. The van der Waals surface area contributed by atoms with Gasteiger partial charge in [0.1, 0.15) is 16.5 Å². The van der Waals surface area contributed by atoms with Crippen molar-refractivity contribution >= 4 is 21.8 Å². The van der Waals surface area contributed by atoms with Gasteiger partial charge < -0.3 is 4.52 Å². The average Bonchev–Trinajstić information content (AvgIpc) is 2.12. The zero-order valence-corrected chi connectivity index (χ0v) is 13.9. The van der Waals surface area contributed by atoms with Gasteiger partial charge in [0, 0.05) is 12.4 Å². The summed E-state index contributed by atoms with van der Waals surface area (Å²) in [4.78, 5) is 0. The van der Waals surface area contributed by atoms with Gasteiger partial charge in [-0.15, -0.1) is 0 Å². The predicted octanol–water partition coefficient (Wildman–Crippen LogP) is 3.62. The molecule has 1 atom stereocenters. The minimum absolute atomic E-state index is 0.684. The van der Waals surface area contributed by atoms with Crippen LogP contribution in [0.2, 0.25) is 19.6 Å². The van der Waals surface area contributed by atoms with Crippen molar-refractivity contribution in [2.45, 2.75) is 40.4 Å². The Bertz CT molecular complexity index is 378. The molecule has 1 unspecified atom stereocenters. The van der Waals surface area contributed by atoms with Crippen LogP contribution in [0.15, 0.2) is 12.1 Å². The second-order valence-corrected chi connectivity index (χ2v) is 12.4. The minimum Gasteiger partial charge on any atom is -0.344 e. The van der Waals surface area contributed by atoms with Gasteiger partial charge in [-0.05, 0) is 31.9 Å². The highest BCUT2D eigenvalue weighted by atomic mass is 31.2. The first kappa shape index (κ1) is 14.8. The molecule has 0 aromatic heterocycles. The first-order chi connectivity index (χ1) is 7.74. The van der Waals surface area contributed by atoms with Crippen LogP contribution < -0.4 is 10.1 Å². The van der Waals surface area contributed by atoms with Gasteiger partial charge in [0.05, 0.1) is 0 Å². The average molecular weight is 269 g/mol. The van der Waals surface area contributed by atoms with E-state index in [0.29, 0.717) is 0 Å². The zero-order chi connectivity index (χ0) is 13.2. The number of rotatable bonds is 4. The van der Waals surface area contributed by atoms with Crippen LogP contribution in [-0.4, -0.2) is 15.3 Å². The minimum atomic E-state index is -1.33. The first-order valence-corrected chi connectivity index (χ1v) is 10.7. The molecule has 1 rings (SSSR count). The lowest BCUT2D eigenvalue weighted by atomic mass is 10.1. The van der Waals surface area contributed by atoms with E-state index < -0.39 is 16.5 Å². The summed E-state index contributed by atoms with van der Waals surface area (Å²) >= 11 is 0. The summed E-state index contributed by atoms with van der Waals surface area (Å²) in [5.74, 6) is 0. The lowest BCUT2D eigenvalue weighted by molar-refractivity contribution is 0.464. The lowest BCUT2D eigenvalue weighted by Crippen LogP contribution is -2.40. The van der Waals surface area contributed by atoms with E-state index in [0.717, 1.165) is 0 Å². The Morgan fingerprint density at radius 3 is 1.88 bits per heavy atom. The molecule has 0 bridgehead atoms. The summed E-state index contributed by atoms with van der Waals surface area (Å²) < 4.78 is 9.41. The molecule has 96 valence electrons. The molecule has 0 saturated carbocycles. The van der Waals surface area contributed by atoms with Crippen LogP contribution in [0, 0.1) is 20.8 Å². The fraction of sp³-hybridized carbons (Fsp3) is 0.538. The van der Waals surface area contributed by atoms with Crippen molar-refractivity contribution in [1.29, 1.82) is 0 Å². The van der Waals surface area contributed by atoms with Crippen molar-refractivity contribution in [3.8, 4) is 0 Å². The molecule has 0 radical (unpaired) electrons. The van der Waals surface area contributed by atoms with E-state index in [1.807, 2.05) is 0 Å². The molecule has 0 heterocycles. The summed E-state index contributed by atoms with van der Waals surface area (Å²) in [6, 6.07) is 4.48. The van der Waals surface area contributed by atoms with Crippen molar-refractivity contribution in [2.75, 3.05) is 7.11 Å². The number of aryl methyl sites for hydroxylation is 3.